The third kappa shape index (κ3) is 2.39. The van der Waals surface area contributed by atoms with Crippen LogP contribution >= 0.6 is 0 Å². The van der Waals surface area contributed by atoms with Crippen LogP contribution in [0.4, 0.5) is 0 Å². The molecule has 1 amide bonds. The molecular formula is C12H20N4O2. The van der Waals surface area contributed by atoms with Crippen LogP contribution in [0.15, 0.2) is 0 Å². The molecule has 1 aromatic heterocycles. The van der Waals surface area contributed by atoms with Gasteiger partial charge in [-0.05, 0) is 20.8 Å². The topological polar surface area (TPSA) is 84.2 Å². The van der Waals surface area contributed by atoms with Crippen molar-refractivity contribution >= 4 is 5.91 Å². The lowest BCUT2D eigenvalue weighted by atomic mass is 10.1. The van der Waals surface area contributed by atoms with Crippen molar-refractivity contribution in [3.8, 4) is 0 Å². The lowest BCUT2D eigenvalue weighted by Crippen LogP contribution is -2.51. The highest BCUT2D eigenvalue weighted by molar-refractivity contribution is 5.96. The van der Waals surface area contributed by atoms with E-state index < -0.39 is 0 Å². The highest BCUT2D eigenvalue weighted by atomic mass is 16.5. The van der Waals surface area contributed by atoms with Gasteiger partial charge in [-0.2, -0.15) is 5.10 Å². The van der Waals surface area contributed by atoms with Crippen LogP contribution in [0.5, 0.6) is 0 Å². The van der Waals surface area contributed by atoms with Gasteiger partial charge < -0.3 is 15.4 Å². The number of ether oxygens (including phenoxy) is 1. The van der Waals surface area contributed by atoms with E-state index in [0.29, 0.717) is 25.3 Å². The Morgan fingerprint density at radius 1 is 1.61 bits per heavy atom. The van der Waals surface area contributed by atoms with E-state index in [-0.39, 0.29) is 18.1 Å². The molecule has 1 saturated heterocycles. The van der Waals surface area contributed by atoms with E-state index in [0.717, 1.165) is 11.4 Å². The second-order valence-corrected chi connectivity index (χ2v) is 4.83. The average Bonchev–Trinajstić information content (AvgIpc) is 2.68. The van der Waals surface area contributed by atoms with Gasteiger partial charge in [-0.25, -0.2) is 0 Å². The summed E-state index contributed by atoms with van der Waals surface area (Å²) < 4.78 is 5.56. The second kappa shape index (κ2) is 5.07. The minimum atomic E-state index is -0.0878. The minimum Gasteiger partial charge on any atom is -0.373 e. The lowest BCUT2D eigenvalue weighted by Gasteiger charge is -2.34. The molecule has 100 valence electrons. The van der Waals surface area contributed by atoms with Crippen LogP contribution in [0.3, 0.4) is 0 Å². The normalized spacial score (nSPS) is 22.0. The number of nitrogens with zero attached hydrogens (tertiary/aromatic N) is 2. The molecule has 2 unspecified atom stereocenters. The fourth-order valence-electron chi connectivity index (χ4n) is 2.20. The summed E-state index contributed by atoms with van der Waals surface area (Å²) in [6.45, 7) is 7.27. The first-order valence-electron chi connectivity index (χ1n) is 6.18. The number of aromatic nitrogens is 2. The summed E-state index contributed by atoms with van der Waals surface area (Å²) in [5, 5.41) is 6.90. The number of carbonyl (C=O) groups is 1. The highest BCUT2D eigenvalue weighted by Crippen LogP contribution is 2.16. The molecule has 3 N–H and O–H groups in total. The summed E-state index contributed by atoms with van der Waals surface area (Å²) in [5.74, 6) is 0.00713. The summed E-state index contributed by atoms with van der Waals surface area (Å²) in [4.78, 5) is 14.2. The fraction of sp³-hybridized carbons (Fsp3) is 0.667. The molecule has 6 nitrogen and oxygen atoms in total. The molecule has 0 bridgehead atoms. The number of aromatic amines is 1. The molecule has 0 radical (unpaired) electrons. The quantitative estimate of drug-likeness (QED) is 0.788. The van der Waals surface area contributed by atoms with E-state index in [1.54, 1.807) is 4.90 Å². The number of nitrogens with one attached hydrogen (secondary N) is 1. The predicted octanol–water partition coefficient (Wildman–Crippen LogP) is 0.215. The molecule has 0 aliphatic carbocycles. The van der Waals surface area contributed by atoms with Crippen LogP contribution in [0, 0.1) is 13.8 Å². The molecule has 1 aromatic rings. The van der Waals surface area contributed by atoms with Crippen LogP contribution < -0.4 is 5.73 Å². The zero-order chi connectivity index (χ0) is 13.3. The molecule has 1 aliphatic rings. The predicted molar refractivity (Wildman–Crippen MR) is 67.4 cm³/mol. The van der Waals surface area contributed by atoms with Gasteiger partial charge in [0.1, 0.15) is 0 Å². The maximum Gasteiger partial charge on any atom is 0.257 e. The van der Waals surface area contributed by atoms with Crippen molar-refractivity contribution in [1.82, 2.24) is 15.1 Å². The molecule has 0 saturated carbocycles. The molecule has 0 spiro atoms. The summed E-state index contributed by atoms with van der Waals surface area (Å²) in [7, 11) is 0. The fourth-order valence-corrected chi connectivity index (χ4v) is 2.20. The van der Waals surface area contributed by atoms with Gasteiger partial charge in [0, 0.05) is 24.8 Å². The van der Waals surface area contributed by atoms with Gasteiger partial charge in [-0.15, -0.1) is 0 Å². The van der Waals surface area contributed by atoms with Crippen molar-refractivity contribution in [3.05, 3.63) is 17.0 Å². The zero-order valence-electron chi connectivity index (χ0n) is 11.1. The number of amides is 1. The second-order valence-electron chi connectivity index (χ2n) is 4.83. The molecular weight excluding hydrogens is 232 g/mol. The van der Waals surface area contributed by atoms with Crippen molar-refractivity contribution in [3.63, 3.8) is 0 Å². The molecule has 1 fully saturated rings. The summed E-state index contributed by atoms with van der Waals surface area (Å²) in [5.41, 5.74) is 8.04. The molecule has 2 heterocycles. The third-order valence-electron chi connectivity index (χ3n) is 3.31. The van der Waals surface area contributed by atoms with E-state index in [1.165, 1.54) is 0 Å². The van der Waals surface area contributed by atoms with Crippen LogP contribution in [-0.4, -0.2) is 52.8 Å². The molecule has 2 rings (SSSR count). The average molecular weight is 252 g/mol. The standard InChI is InChI=1S/C12H20N4O2/c1-7(13)10-6-16(4-5-18-10)12(17)11-8(2)14-15-9(11)3/h7,10H,4-6,13H2,1-3H3,(H,14,15). The van der Waals surface area contributed by atoms with Crippen molar-refractivity contribution in [2.24, 2.45) is 5.73 Å². The maximum atomic E-state index is 12.4. The number of carbonyl (C=O) groups excluding carboxylic acids is 1. The number of H-pyrrole nitrogens is 1. The van der Waals surface area contributed by atoms with Crippen molar-refractivity contribution < 1.29 is 9.53 Å². The van der Waals surface area contributed by atoms with Crippen LogP contribution in [-0.2, 0) is 4.74 Å². The zero-order valence-corrected chi connectivity index (χ0v) is 11.1. The Morgan fingerprint density at radius 2 is 2.33 bits per heavy atom. The monoisotopic (exact) mass is 252 g/mol. The first-order chi connectivity index (χ1) is 8.50. The van der Waals surface area contributed by atoms with Gasteiger partial charge in [0.2, 0.25) is 0 Å². The molecule has 1 aliphatic heterocycles. The van der Waals surface area contributed by atoms with Crippen molar-refractivity contribution in [2.75, 3.05) is 19.7 Å². The van der Waals surface area contributed by atoms with E-state index in [4.69, 9.17) is 10.5 Å². The minimum absolute atomic E-state index is 0.00713. The Labute approximate surface area is 106 Å². The third-order valence-corrected chi connectivity index (χ3v) is 3.31. The number of aryl methyl sites for hydroxylation is 2. The number of hydrogen-bond donors (Lipinski definition) is 2. The Morgan fingerprint density at radius 3 is 2.89 bits per heavy atom. The Kier molecular flexibility index (Phi) is 3.68. The highest BCUT2D eigenvalue weighted by Gasteiger charge is 2.29. The maximum absolute atomic E-state index is 12.4. The van der Waals surface area contributed by atoms with Crippen LogP contribution in [0.25, 0.3) is 0 Å². The Bertz CT molecular complexity index is 422. The van der Waals surface area contributed by atoms with Crippen molar-refractivity contribution in [1.29, 1.82) is 0 Å². The smallest absolute Gasteiger partial charge is 0.257 e. The van der Waals surface area contributed by atoms with Gasteiger partial charge in [0.25, 0.3) is 5.91 Å². The van der Waals surface area contributed by atoms with E-state index in [1.807, 2.05) is 20.8 Å². The van der Waals surface area contributed by atoms with Gasteiger partial charge in [0.15, 0.2) is 0 Å². The molecule has 18 heavy (non-hydrogen) atoms. The summed E-state index contributed by atoms with van der Waals surface area (Å²) in [6, 6.07) is -0.0767. The van der Waals surface area contributed by atoms with Gasteiger partial charge in [0.05, 0.1) is 24.0 Å². The molecule has 0 aromatic carbocycles. The molecule has 6 heteroatoms. The summed E-state index contributed by atoms with van der Waals surface area (Å²) in [6.07, 6.45) is -0.0878. The van der Waals surface area contributed by atoms with Gasteiger partial charge >= 0.3 is 0 Å². The Hall–Kier alpha value is -1.40. The molecule has 2 atom stereocenters. The van der Waals surface area contributed by atoms with Gasteiger partial charge in [-0.3, -0.25) is 9.89 Å². The number of hydrogen-bond acceptors (Lipinski definition) is 4. The van der Waals surface area contributed by atoms with E-state index in [9.17, 15) is 4.79 Å². The number of morpholine rings is 1. The van der Waals surface area contributed by atoms with Crippen molar-refractivity contribution in [2.45, 2.75) is 32.9 Å². The van der Waals surface area contributed by atoms with Crippen LogP contribution in [0.1, 0.15) is 28.7 Å². The largest absolute Gasteiger partial charge is 0.373 e. The number of rotatable bonds is 2. The first kappa shape index (κ1) is 13.0. The van der Waals surface area contributed by atoms with E-state index >= 15 is 0 Å². The van der Waals surface area contributed by atoms with Crippen LogP contribution in [0.2, 0.25) is 0 Å². The lowest BCUT2D eigenvalue weighted by molar-refractivity contribution is -0.0300. The van der Waals surface area contributed by atoms with Gasteiger partial charge in [-0.1, -0.05) is 0 Å². The first-order valence-corrected chi connectivity index (χ1v) is 6.18. The number of nitrogens with two attached hydrogens (primary N) is 1. The summed E-state index contributed by atoms with van der Waals surface area (Å²) >= 11 is 0. The van der Waals surface area contributed by atoms with E-state index in [2.05, 4.69) is 10.2 Å². The SMILES string of the molecule is Cc1n[nH]c(C)c1C(=O)N1CCOC(C(C)N)C1. The Balaban J connectivity index is 2.14.